The Morgan fingerprint density at radius 2 is 2.04 bits per heavy atom. The van der Waals surface area contributed by atoms with Crippen LogP contribution in [0.1, 0.15) is 12.5 Å². The number of hydrogen-bond acceptors (Lipinski definition) is 5. The fraction of sp³-hybridized carbons (Fsp3) is 0.200. The number of amides is 1. The number of fused-ring (bicyclic) bond motifs is 1. The van der Waals surface area contributed by atoms with E-state index < -0.39 is 23.8 Å². The van der Waals surface area contributed by atoms with Gasteiger partial charge in [-0.05, 0) is 37.3 Å². The first kappa shape index (κ1) is 19.7. The monoisotopic (exact) mass is 405 g/mol. The normalized spacial score (nSPS) is 11.9. The molecule has 8 heteroatoms. The summed E-state index contributed by atoms with van der Waals surface area (Å²) in [5, 5.41) is 3.30. The van der Waals surface area contributed by atoms with Crippen LogP contribution >= 0.6 is 11.6 Å². The van der Waals surface area contributed by atoms with E-state index in [2.05, 4.69) is 5.32 Å². The number of anilines is 1. The third-order valence-electron chi connectivity index (χ3n) is 4.06. The van der Waals surface area contributed by atoms with Gasteiger partial charge in [0, 0.05) is 17.0 Å². The Labute approximate surface area is 165 Å². The summed E-state index contributed by atoms with van der Waals surface area (Å²) in [6.07, 6.45) is 0.342. The predicted octanol–water partition coefficient (Wildman–Crippen LogP) is 4.35. The minimum absolute atomic E-state index is 0.0483. The van der Waals surface area contributed by atoms with Crippen LogP contribution in [0.3, 0.4) is 0 Å². The van der Waals surface area contributed by atoms with Crippen LogP contribution in [0.4, 0.5) is 10.1 Å². The highest BCUT2D eigenvalue weighted by atomic mass is 35.5. The lowest BCUT2D eigenvalue weighted by molar-refractivity contribution is -0.152. The van der Waals surface area contributed by atoms with Gasteiger partial charge in [0.1, 0.15) is 17.1 Å². The van der Waals surface area contributed by atoms with Crippen LogP contribution in [0.15, 0.2) is 47.1 Å². The number of ether oxygens (including phenoxy) is 2. The lowest BCUT2D eigenvalue weighted by atomic mass is 10.1. The summed E-state index contributed by atoms with van der Waals surface area (Å²) in [7, 11) is 1.55. The van der Waals surface area contributed by atoms with Crippen LogP contribution in [-0.4, -0.2) is 25.1 Å². The topological polar surface area (TPSA) is 77.8 Å². The fourth-order valence-corrected chi connectivity index (χ4v) is 2.81. The number of esters is 1. The van der Waals surface area contributed by atoms with E-state index in [1.807, 2.05) is 0 Å². The Hall–Kier alpha value is -3.06. The third-order valence-corrected chi connectivity index (χ3v) is 4.38. The first-order chi connectivity index (χ1) is 13.4. The number of nitrogens with one attached hydrogen (secondary N) is 1. The van der Waals surface area contributed by atoms with E-state index in [1.54, 1.807) is 25.3 Å². The van der Waals surface area contributed by atoms with Gasteiger partial charge in [-0.2, -0.15) is 0 Å². The van der Waals surface area contributed by atoms with Gasteiger partial charge in [-0.1, -0.05) is 11.6 Å². The molecule has 0 saturated carbocycles. The van der Waals surface area contributed by atoms with E-state index >= 15 is 0 Å². The number of hydrogen-bond donors (Lipinski definition) is 1. The number of benzene rings is 2. The van der Waals surface area contributed by atoms with Crippen molar-refractivity contribution in [2.24, 2.45) is 0 Å². The molecule has 6 nitrogen and oxygen atoms in total. The van der Waals surface area contributed by atoms with E-state index in [-0.39, 0.29) is 17.1 Å². The van der Waals surface area contributed by atoms with Gasteiger partial charge in [0.05, 0.1) is 30.5 Å². The van der Waals surface area contributed by atoms with Crippen LogP contribution in [0.25, 0.3) is 11.0 Å². The molecule has 0 spiro atoms. The minimum Gasteiger partial charge on any atom is -0.497 e. The molecule has 3 rings (SSSR count). The Balaban J connectivity index is 1.61. The molecular weight excluding hydrogens is 389 g/mol. The Kier molecular flexibility index (Phi) is 5.84. The van der Waals surface area contributed by atoms with Gasteiger partial charge in [-0.3, -0.25) is 9.59 Å². The zero-order valence-electron chi connectivity index (χ0n) is 15.1. The molecule has 1 atom stereocenters. The number of methoxy groups -OCH3 is 1. The van der Waals surface area contributed by atoms with Gasteiger partial charge in [0.15, 0.2) is 6.10 Å². The average molecular weight is 406 g/mol. The highest BCUT2D eigenvalue weighted by Gasteiger charge is 2.20. The van der Waals surface area contributed by atoms with Crippen molar-refractivity contribution in [3.63, 3.8) is 0 Å². The molecule has 0 aliphatic carbocycles. The second-order valence-corrected chi connectivity index (χ2v) is 6.45. The van der Waals surface area contributed by atoms with Gasteiger partial charge in [0.25, 0.3) is 5.91 Å². The van der Waals surface area contributed by atoms with Crippen LogP contribution in [-0.2, 0) is 20.7 Å². The molecule has 1 N–H and O–H groups in total. The first-order valence-corrected chi connectivity index (χ1v) is 8.74. The molecule has 28 heavy (non-hydrogen) atoms. The fourth-order valence-electron chi connectivity index (χ4n) is 2.60. The first-order valence-electron chi connectivity index (χ1n) is 8.37. The standard InChI is InChI=1S/C20H17ClFNO5/c1-11(20(25)23-17-6-3-13(22)8-16(17)21)28-19(24)7-12-10-27-18-9-14(26-2)4-5-15(12)18/h3-6,8-11H,7H2,1-2H3,(H,23,25)/t11-/m0/s1. The summed E-state index contributed by atoms with van der Waals surface area (Å²) in [6, 6.07) is 8.83. The van der Waals surface area contributed by atoms with Crippen molar-refractivity contribution in [3.05, 3.63) is 59.1 Å². The second-order valence-electron chi connectivity index (χ2n) is 6.05. The maximum absolute atomic E-state index is 13.1. The smallest absolute Gasteiger partial charge is 0.311 e. The Bertz CT molecular complexity index is 1030. The number of furan rings is 1. The van der Waals surface area contributed by atoms with Crippen molar-refractivity contribution in [1.29, 1.82) is 0 Å². The molecule has 3 aromatic rings. The maximum Gasteiger partial charge on any atom is 0.311 e. The van der Waals surface area contributed by atoms with Gasteiger partial charge >= 0.3 is 5.97 Å². The number of carbonyl (C=O) groups excluding carboxylic acids is 2. The van der Waals surface area contributed by atoms with E-state index in [0.29, 0.717) is 16.9 Å². The van der Waals surface area contributed by atoms with Crippen molar-refractivity contribution in [3.8, 4) is 5.75 Å². The molecule has 146 valence electrons. The molecule has 0 saturated heterocycles. The van der Waals surface area contributed by atoms with E-state index in [0.717, 1.165) is 17.5 Å². The molecule has 1 aromatic heterocycles. The molecule has 0 fully saturated rings. The predicted molar refractivity (Wildman–Crippen MR) is 102 cm³/mol. The van der Waals surface area contributed by atoms with Crippen molar-refractivity contribution in [2.45, 2.75) is 19.4 Å². The lowest BCUT2D eigenvalue weighted by Gasteiger charge is -2.14. The molecule has 0 unspecified atom stereocenters. The van der Waals surface area contributed by atoms with E-state index in [4.69, 9.17) is 25.5 Å². The SMILES string of the molecule is COc1ccc2c(CC(=O)O[C@@H](C)C(=O)Nc3ccc(F)cc3Cl)coc2c1. The summed E-state index contributed by atoms with van der Waals surface area (Å²) in [4.78, 5) is 24.4. The van der Waals surface area contributed by atoms with Crippen molar-refractivity contribution < 1.29 is 27.9 Å². The lowest BCUT2D eigenvalue weighted by Crippen LogP contribution is -2.30. The molecule has 0 bridgehead atoms. The largest absolute Gasteiger partial charge is 0.497 e. The van der Waals surface area contributed by atoms with E-state index in [1.165, 1.54) is 19.3 Å². The Morgan fingerprint density at radius 1 is 1.25 bits per heavy atom. The van der Waals surface area contributed by atoms with E-state index in [9.17, 15) is 14.0 Å². The van der Waals surface area contributed by atoms with Crippen LogP contribution < -0.4 is 10.1 Å². The van der Waals surface area contributed by atoms with Gasteiger partial charge in [0.2, 0.25) is 0 Å². The van der Waals surface area contributed by atoms with Crippen molar-refractivity contribution in [1.82, 2.24) is 0 Å². The van der Waals surface area contributed by atoms with Crippen LogP contribution in [0.5, 0.6) is 5.75 Å². The van der Waals surface area contributed by atoms with Gasteiger partial charge < -0.3 is 19.2 Å². The zero-order valence-corrected chi connectivity index (χ0v) is 15.9. The van der Waals surface area contributed by atoms with Crippen molar-refractivity contribution in [2.75, 3.05) is 12.4 Å². The number of rotatable bonds is 6. The summed E-state index contributed by atoms with van der Waals surface area (Å²) >= 11 is 5.87. The molecule has 2 aromatic carbocycles. The quantitative estimate of drug-likeness (QED) is 0.617. The zero-order chi connectivity index (χ0) is 20.3. The third kappa shape index (κ3) is 4.43. The summed E-state index contributed by atoms with van der Waals surface area (Å²) in [5.41, 5.74) is 1.45. The Morgan fingerprint density at radius 3 is 2.75 bits per heavy atom. The molecule has 0 aliphatic heterocycles. The maximum atomic E-state index is 13.1. The highest BCUT2D eigenvalue weighted by molar-refractivity contribution is 6.33. The summed E-state index contributed by atoms with van der Waals surface area (Å²) < 4.78 is 28.8. The minimum atomic E-state index is -1.06. The van der Waals surface area contributed by atoms with Gasteiger partial charge in [-0.15, -0.1) is 0 Å². The average Bonchev–Trinajstić information content (AvgIpc) is 3.05. The molecule has 0 radical (unpaired) electrons. The number of halogens is 2. The number of carbonyl (C=O) groups is 2. The second kappa shape index (κ2) is 8.31. The molecule has 0 aliphatic rings. The summed E-state index contributed by atoms with van der Waals surface area (Å²) in [5.74, 6) is -1.05. The van der Waals surface area contributed by atoms with Gasteiger partial charge in [-0.25, -0.2) is 4.39 Å². The molecule has 1 amide bonds. The van der Waals surface area contributed by atoms with Crippen molar-refractivity contribution >= 4 is 40.1 Å². The highest BCUT2D eigenvalue weighted by Crippen LogP contribution is 2.26. The molecular formula is C20H17ClFNO5. The van der Waals surface area contributed by atoms with Crippen LogP contribution in [0.2, 0.25) is 5.02 Å². The molecule has 1 heterocycles. The van der Waals surface area contributed by atoms with Crippen LogP contribution in [0, 0.1) is 5.82 Å². The summed E-state index contributed by atoms with van der Waals surface area (Å²) in [6.45, 7) is 1.43.